The number of aromatic nitrogens is 1. The van der Waals surface area contributed by atoms with Crippen molar-refractivity contribution in [1.82, 2.24) is 9.88 Å². The molecule has 1 aromatic rings. The van der Waals surface area contributed by atoms with E-state index in [1.807, 2.05) is 6.20 Å². The van der Waals surface area contributed by atoms with Crippen molar-refractivity contribution in [2.75, 3.05) is 24.5 Å². The highest BCUT2D eigenvalue weighted by Crippen LogP contribution is 2.30. The van der Waals surface area contributed by atoms with Gasteiger partial charge in [-0.2, -0.15) is 0 Å². The average molecular weight is 245 g/mol. The molecule has 2 aliphatic rings. The van der Waals surface area contributed by atoms with E-state index in [1.54, 1.807) is 0 Å². The van der Waals surface area contributed by atoms with Gasteiger partial charge in [-0.15, -0.1) is 0 Å². The number of piperazine rings is 1. The van der Waals surface area contributed by atoms with Crippen molar-refractivity contribution in [1.29, 1.82) is 0 Å². The molecule has 0 spiro atoms. The first-order chi connectivity index (χ1) is 8.79. The molecule has 0 aromatic carbocycles. The molecule has 98 valence electrons. The molecule has 2 aliphatic heterocycles. The third-order valence-electron chi connectivity index (χ3n) is 4.55. The smallest absolute Gasteiger partial charge is 0.0605 e. The normalized spacial score (nSPS) is 28.4. The summed E-state index contributed by atoms with van der Waals surface area (Å²) in [6, 6.07) is 5.72. The zero-order valence-electron chi connectivity index (χ0n) is 11.5. The van der Waals surface area contributed by atoms with Crippen molar-refractivity contribution < 1.29 is 0 Å². The topological polar surface area (TPSA) is 19.4 Å². The summed E-state index contributed by atoms with van der Waals surface area (Å²) in [6.45, 7) is 8.16. The fraction of sp³-hybridized carbons (Fsp3) is 0.667. The Kier molecular flexibility index (Phi) is 3.25. The largest absolute Gasteiger partial charge is 0.364 e. The summed E-state index contributed by atoms with van der Waals surface area (Å²) in [7, 11) is 0. The third kappa shape index (κ3) is 2.01. The van der Waals surface area contributed by atoms with Crippen LogP contribution >= 0.6 is 0 Å². The van der Waals surface area contributed by atoms with Crippen LogP contribution in [0, 0.1) is 6.92 Å². The first kappa shape index (κ1) is 12.0. The second-order valence-electron chi connectivity index (χ2n) is 5.61. The van der Waals surface area contributed by atoms with Gasteiger partial charge in [0.25, 0.3) is 0 Å². The van der Waals surface area contributed by atoms with Crippen molar-refractivity contribution >= 4 is 5.69 Å². The van der Waals surface area contributed by atoms with E-state index >= 15 is 0 Å². The number of anilines is 1. The van der Waals surface area contributed by atoms with Crippen molar-refractivity contribution in [3.05, 3.63) is 24.0 Å². The predicted molar refractivity (Wildman–Crippen MR) is 75.0 cm³/mol. The molecule has 18 heavy (non-hydrogen) atoms. The van der Waals surface area contributed by atoms with Crippen LogP contribution in [0.1, 0.15) is 31.9 Å². The second-order valence-corrected chi connectivity index (χ2v) is 5.61. The molecule has 2 fully saturated rings. The van der Waals surface area contributed by atoms with Crippen LogP contribution in [0.2, 0.25) is 0 Å². The minimum atomic E-state index is 0.655. The lowest BCUT2D eigenvalue weighted by Gasteiger charge is -2.45. The molecule has 2 atom stereocenters. The predicted octanol–water partition coefficient (Wildman–Crippen LogP) is 2.45. The molecule has 0 saturated carbocycles. The van der Waals surface area contributed by atoms with E-state index < -0.39 is 0 Å². The Morgan fingerprint density at radius 2 is 2.28 bits per heavy atom. The summed E-state index contributed by atoms with van der Waals surface area (Å²) < 4.78 is 0. The SMILES string of the molecule is CCC1CN2CCCC2CN1c1cccnc1C. The maximum Gasteiger partial charge on any atom is 0.0605 e. The Labute approximate surface area is 110 Å². The summed E-state index contributed by atoms with van der Waals surface area (Å²) in [5.41, 5.74) is 2.51. The molecule has 0 radical (unpaired) electrons. The average Bonchev–Trinajstić information content (AvgIpc) is 2.85. The van der Waals surface area contributed by atoms with Gasteiger partial charge in [0, 0.05) is 31.4 Å². The van der Waals surface area contributed by atoms with Gasteiger partial charge >= 0.3 is 0 Å². The first-order valence-electron chi connectivity index (χ1n) is 7.22. The number of hydrogen-bond donors (Lipinski definition) is 0. The zero-order valence-corrected chi connectivity index (χ0v) is 11.5. The fourth-order valence-electron chi connectivity index (χ4n) is 3.51. The van der Waals surface area contributed by atoms with Gasteiger partial charge in [0.05, 0.1) is 11.4 Å². The quantitative estimate of drug-likeness (QED) is 0.798. The van der Waals surface area contributed by atoms with E-state index in [2.05, 4.69) is 40.8 Å². The standard InChI is InChI=1S/C15H23N3/c1-3-13-10-17-9-5-6-14(17)11-18(13)15-7-4-8-16-12(15)2/h4,7-8,13-14H,3,5-6,9-11H2,1-2H3. The molecular weight excluding hydrogens is 222 g/mol. The van der Waals surface area contributed by atoms with Crippen molar-refractivity contribution in [3.63, 3.8) is 0 Å². The molecule has 3 heteroatoms. The zero-order chi connectivity index (χ0) is 12.5. The van der Waals surface area contributed by atoms with Crippen molar-refractivity contribution in [2.24, 2.45) is 0 Å². The molecule has 0 aliphatic carbocycles. The number of fused-ring (bicyclic) bond motifs is 1. The monoisotopic (exact) mass is 245 g/mol. The third-order valence-corrected chi connectivity index (χ3v) is 4.55. The lowest BCUT2D eigenvalue weighted by Crippen LogP contribution is -2.56. The summed E-state index contributed by atoms with van der Waals surface area (Å²) in [5, 5.41) is 0. The minimum Gasteiger partial charge on any atom is -0.364 e. The molecule has 2 saturated heterocycles. The van der Waals surface area contributed by atoms with Crippen LogP contribution in [-0.2, 0) is 0 Å². The molecule has 3 heterocycles. The summed E-state index contributed by atoms with van der Waals surface area (Å²) >= 11 is 0. The van der Waals surface area contributed by atoms with E-state index in [4.69, 9.17) is 0 Å². The number of hydrogen-bond acceptors (Lipinski definition) is 3. The van der Waals surface area contributed by atoms with Crippen LogP contribution in [0.3, 0.4) is 0 Å². The van der Waals surface area contributed by atoms with Crippen LogP contribution in [0.5, 0.6) is 0 Å². The summed E-state index contributed by atoms with van der Waals surface area (Å²) in [4.78, 5) is 9.75. The molecule has 0 amide bonds. The lowest BCUT2D eigenvalue weighted by atomic mass is 10.0. The first-order valence-corrected chi connectivity index (χ1v) is 7.22. The second kappa shape index (κ2) is 4.88. The van der Waals surface area contributed by atoms with E-state index in [9.17, 15) is 0 Å². The van der Waals surface area contributed by atoms with Gasteiger partial charge in [0.15, 0.2) is 0 Å². The molecule has 1 aromatic heterocycles. The van der Waals surface area contributed by atoms with E-state index in [1.165, 1.54) is 50.3 Å². The Balaban J connectivity index is 1.87. The van der Waals surface area contributed by atoms with E-state index in [-0.39, 0.29) is 0 Å². The van der Waals surface area contributed by atoms with Crippen LogP contribution in [0.25, 0.3) is 0 Å². The maximum atomic E-state index is 4.45. The molecule has 3 nitrogen and oxygen atoms in total. The van der Waals surface area contributed by atoms with Crippen LogP contribution < -0.4 is 4.90 Å². The molecular formula is C15H23N3. The van der Waals surface area contributed by atoms with Gasteiger partial charge in [0.1, 0.15) is 0 Å². The van der Waals surface area contributed by atoms with Gasteiger partial charge in [-0.05, 0) is 44.9 Å². The molecule has 2 unspecified atom stereocenters. The number of aryl methyl sites for hydroxylation is 1. The van der Waals surface area contributed by atoms with Gasteiger partial charge in [-0.3, -0.25) is 9.88 Å². The molecule has 0 bridgehead atoms. The highest BCUT2D eigenvalue weighted by Gasteiger charge is 2.35. The number of pyridine rings is 1. The Hall–Kier alpha value is -1.09. The summed E-state index contributed by atoms with van der Waals surface area (Å²) in [5.74, 6) is 0. The Morgan fingerprint density at radius 3 is 3.06 bits per heavy atom. The maximum absolute atomic E-state index is 4.45. The Bertz CT molecular complexity index is 418. The van der Waals surface area contributed by atoms with Gasteiger partial charge in [0.2, 0.25) is 0 Å². The van der Waals surface area contributed by atoms with Gasteiger partial charge in [-0.25, -0.2) is 0 Å². The number of rotatable bonds is 2. The van der Waals surface area contributed by atoms with E-state index in [0.717, 1.165) is 6.04 Å². The van der Waals surface area contributed by atoms with Crippen LogP contribution in [-0.4, -0.2) is 41.6 Å². The molecule has 3 rings (SSSR count). The van der Waals surface area contributed by atoms with E-state index in [0.29, 0.717) is 6.04 Å². The van der Waals surface area contributed by atoms with Crippen LogP contribution in [0.4, 0.5) is 5.69 Å². The molecule has 0 N–H and O–H groups in total. The summed E-state index contributed by atoms with van der Waals surface area (Å²) in [6.07, 6.45) is 5.86. The van der Waals surface area contributed by atoms with Gasteiger partial charge in [-0.1, -0.05) is 6.92 Å². The lowest BCUT2D eigenvalue weighted by molar-refractivity contribution is 0.194. The number of nitrogens with zero attached hydrogens (tertiary/aromatic N) is 3. The highest BCUT2D eigenvalue weighted by molar-refractivity contribution is 5.51. The van der Waals surface area contributed by atoms with Crippen molar-refractivity contribution in [2.45, 2.75) is 45.2 Å². The highest BCUT2D eigenvalue weighted by atomic mass is 15.3. The Morgan fingerprint density at radius 1 is 1.39 bits per heavy atom. The van der Waals surface area contributed by atoms with Gasteiger partial charge < -0.3 is 4.90 Å². The van der Waals surface area contributed by atoms with Crippen molar-refractivity contribution in [3.8, 4) is 0 Å². The van der Waals surface area contributed by atoms with Crippen LogP contribution in [0.15, 0.2) is 18.3 Å². The minimum absolute atomic E-state index is 0.655. The fourth-order valence-corrected chi connectivity index (χ4v) is 3.51.